The Hall–Kier alpha value is -2.76. The lowest BCUT2D eigenvalue weighted by molar-refractivity contribution is 0.462. The van der Waals surface area contributed by atoms with Crippen LogP contribution in [0.1, 0.15) is 48.6 Å². The van der Waals surface area contributed by atoms with Gasteiger partial charge in [0.15, 0.2) is 0 Å². The average Bonchev–Trinajstić information content (AvgIpc) is 3.44. The zero-order chi connectivity index (χ0) is 20.6. The standard InChI is InChI=1S/C26H31N5/c1-3-21-23(17-5-9-27-10-6-17)15-30-26(21)14-20(1)31-19-2-4-25-22(13-19)24(16-29-25)18-7-11-28-12-8-18/h1-4,13-18,27-31H,5-12H2. The molecule has 5 N–H and O–H groups in total. The summed E-state index contributed by atoms with van der Waals surface area (Å²) in [5, 5.41) is 13.3. The number of rotatable bonds is 4. The number of aromatic nitrogens is 2. The molecular weight excluding hydrogens is 382 g/mol. The normalized spacial score (nSPS) is 18.7. The number of nitrogens with one attached hydrogen (secondary N) is 5. The van der Waals surface area contributed by atoms with E-state index in [0.717, 1.165) is 37.6 Å². The van der Waals surface area contributed by atoms with Crippen LogP contribution in [0.5, 0.6) is 0 Å². The van der Waals surface area contributed by atoms with Crippen LogP contribution in [0.25, 0.3) is 21.8 Å². The van der Waals surface area contributed by atoms with E-state index in [1.807, 2.05) is 0 Å². The lowest BCUT2D eigenvalue weighted by Gasteiger charge is -2.22. The highest BCUT2D eigenvalue weighted by Gasteiger charge is 2.20. The number of piperidine rings is 2. The van der Waals surface area contributed by atoms with Crippen molar-refractivity contribution in [3.63, 3.8) is 0 Å². The van der Waals surface area contributed by atoms with Crippen molar-refractivity contribution in [3.05, 3.63) is 59.9 Å². The number of benzene rings is 2. The van der Waals surface area contributed by atoms with Crippen LogP contribution >= 0.6 is 0 Å². The maximum atomic E-state index is 3.64. The van der Waals surface area contributed by atoms with Crippen molar-refractivity contribution in [1.82, 2.24) is 20.6 Å². The van der Waals surface area contributed by atoms with Crippen molar-refractivity contribution in [3.8, 4) is 0 Å². The van der Waals surface area contributed by atoms with Gasteiger partial charge in [0.05, 0.1) is 0 Å². The zero-order valence-electron chi connectivity index (χ0n) is 17.9. The second-order valence-electron chi connectivity index (χ2n) is 9.18. The summed E-state index contributed by atoms with van der Waals surface area (Å²) in [4.78, 5) is 6.99. The van der Waals surface area contributed by atoms with Gasteiger partial charge < -0.3 is 25.9 Å². The smallest absolute Gasteiger partial charge is 0.0477 e. The Labute approximate surface area is 183 Å². The SMILES string of the molecule is c1cc2c(C3CCNCC3)c[nH]c2cc1Nc1ccc2[nH]cc(C3CCNCC3)c2c1. The van der Waals surface area contributed by atoms with Gasteiger partial charge >= 0.3 is 0 Å². The van der Waals surface area contributed by atoms with Crippen LogP contribution < -0.4 is 16.0 Å². The van der Waals surface area contributed by atoms with E-state index < -0.39 is 0 Å². The minimum absolute atomic E-state index is 0.647. The molecule has 0 radical (unpaired) electrons. The maximum absolute atomic E-state index is 3.64. The van der Waals surface area contributed by atoms with Crippen molar-refractivity contribution in [2.24, 2.45) is 0 Å². The van der Waals surface area contributed by atoms with E-state index in [2.05, 4.69) is 74.7 Å². The van der Waals surface area contributed by atoms with Crippen LogP contribution in [0.2, 0.25) is 0 Å². The Bertz CT molecular complexity index is 1190. The predicted octanol–water partition coefficient (Wildman–Crippen LogP) is 5.33. The fourth-order valence-electron chi connectivity index (χ4n) is 5.55. The number of fused-ring (bicyclic) bond motifs is 2. The topological polar surface area (TPSA) is 67.7 Å². The highest BCUT2D eigenvalue weighted by atomic mass is 14.9. The minimum Gasteiger partial charge on any atom is -0.361 e. The Morgan fingerprint density at radius 1 is 0.613 bits per heavy atom. The molecule has 4 heterocycles. The Kier molecular flexibility index (Phi) is 4.93. The van der Waals surface area contributed by atoms with Crippen molar-refractivity contribution < 1.29 is 0 Å². The molecule has 2 aromatic carbocycles. The molecule has 0 atom stereocenters. The van der Waals surface area contributed by atoms with E-state index in [9.17, 15) is 0 Å². The molecule has 2 fully saturated rings. The zero-order valence-corrected chi connectivity index (χ0v) is 17.9. The van der Waals surface area contributed by atoms with Gasteiger partial charge in [0.25, 0.3) is 0 Å². The van der Waals surface area contributed by atoms with Gasteiger partial charge in [-0.3, -0.25) is 0 Å². The van der Waals surface area contributed by atoms with E-state index in [1.54, 1.807) is 0 Å². The molecule has 2 aromatic heterocycles. The molecule has 0 saturated carbocycles. The van der Waals surface area contributed by atoms with Crippen LogP contribution in [-0.4, -0.2) is 36.1 Å². The third-order valence-corrected chi connectivity index (χ3v) is 7.27. The summed E-state index contributed by atoms with van der Waals surface area (Å²) in [7, 11) is 0. The molecule has 0 spiro atoms. The molecule has 5 heteroatoms. The van der Waals surface area contributed by atoms with Crippen molar-refractivity contribution in [2.75, 3.05) is 31.5 Å². The first-order valence-electron chi connectivity index (χ1n) is 11.8. The summed E-state index contributed by atoms with van der Waals surface area (Å²) in [5.41, 5.74) is 7.66. The molecule has 2 saturated heterocycles. The molecule has 6 rings (SSSR count). The number of H-pyrrole nitrogens is 2. The van der Waals surface area contributed by atoms with Crippen LogP contribution in [0.3, 0.4) is 0 Å². The molecule has 2 aliphatic rings. The van der Waals surface area contributed by atoms with Crippen molar-refractivity contribution >= 4 is 33.2 Å². The number of hydrogen-bond acceptors (Lipinski definition) is 3. The molecule has 0 unspecified atom stereocenters. The quantitative estimate of drug-likeness (QED) is 0.314. The molecule has 0 amide bonds. The molecule has 160 valence electrons. The van der Waals surface area contributed by atoms with E-state index in [0.29, 0.717) is 11.8 Å². The molecule has 0 bridgehead atoms. The summed E-state index contributed by atoms with van der Waals surface area (Å²) >= 11 is 0. The summed E-state index contributed by atoms with van der Waals surface area (Å²) < 4.78 is 0. The van der Waals surface area contributed by atoms with Crippen molar-refractivity contribution in [1.29, 1.82) is 0 Å². The fourth-order valence-corrected chi connectivity index (χ4v) is 5.55. The van der Waals surface area contributed by atoms with Crippen LogP contribution in [0.15, 0.2) is 48.8 Å². The van der Waals surface area contributed by atoms with Gasteiger partial charge in [-0.05, 0) is 105 Å². The molecule has 5 nitrogen and oxygen atoms in total. The first-order valence-corrected chi connectivity index (χ1v) is 11.8. The van der Waals surface area contributed by atoms with Crippen molar-refractivity contribution in [2.45, 2.75) is 37.5 Å². The van der Waals surface area contributed by atoms with Crippen LogP contribution in [-0.2, 0) is 0 Å². The Balaban J connectivity index is 1.27. The van der Waals surface area contributed by atoms with Gasteiger partial charge in [-0.1, -0.05) is 6.07 Å². The molecule has 0 aliphatic carbocycles. The lowest BCUT2D eigenvalue weighted by Crippen LogP contribution is -2.26. The van der Waals surface area contributed by atoms with E-state index in [-0.39, 0.29) is 0 Å². The van der Waals surface area contributed by atoms with Gasteiger partial charge in [-0.15, -0.1) is 0 Å². The van der Waals surface area contributed by atoms with E-state index >= 15 is 0 Å². The van der Waals surface area contributed by atoms with Gasteiger partial charge in [-0.2, -0.15) is 0 Å². The third kappa shape index (κ3) is 3.62. The molecule has 31 heavy (non-hydrogen) atoms. The molecule has 2 aliphatic heterocycles. The number of aromatic amines is 2. The number of hydrogen-bond donors (Lipinski definition) is 5. The maximum Gasteiger partial charge on any atom is 0.0477 e. The van der Waals surface area contributed by atoms with Crippen LogP contribution in [0, 0.1) is 0 Å². The van der Waals surface area contributed by atoms with Gasteiger partial charge in [-0.25, -0.2) is 0 Å². The molecular formula is C26H31N5. The monoisotopic (exact) mass is 413 g/mol. The molecule has 4 aromatic rings. The highest BCUT2D eigenvalue weighted by molar-refractivity contribution is 5.90. The fraction of sp³-hybridized carbons (Fsp3) is 0.385. The third-order valence-electron chi connectivity index (χ3n) is 7.27. The van der Waals surface area contributed by atoms with E-state index in [4.69, 9.17) is 0 Å². The number of anilines is 2. The van der Waals surface area contributed by atoms with E-state index in [1.165, 1.54) is 58.6 Å². The second-order valence-corrected chi connectivity index (χ2v) is 9.18. The second kappa shape index (κ2) is 8.06. The first kappa shape index (κ1) is 19.0. The average molecular weight is 414 g/mol. The first-order chi connectivity index (χ1) is 15.3. The van der Waals surface area contributed by atoms with Crippen LogP contribution in [0.4, 0.5) is 11.4 Å². The summed E-state index contributed by atoms with van der Waals surface area (Å²) in [6.45, 7) is 4.48. The predicted molar refractivity (Wildman–Crippen MR) is 130 cm³/mol. The lowest BCUT2D eigenvalue weighted by atomic mass is 9.90. The minimum atomic E-state index is 0.647. The largest absolute Gasteiger partial charge is 0.361 e. The summed E-state index contributed by atoms with van der Waals surface area (Å²) in [5.74, 6) is 1.31. The summed E-state index contributed by atoms with van der Waals surface area (Å²) in [6, 6.07) is 13.4. The highest BCUT2D eigenvalue weighted by Crippen LogP contribution is 2.35. The van der Waals surface area contributed by atoms with Gasteiger partial charge in [0, 0.05) is 45.6 Å². The Morgan fingerprint density at radius 3 is 1.90 bits per heavy atom. The van der Waals surface area contributed by atoms with Gasteiger partial charge in [0.2, 0.25) is 0 Å². The Morgan fingerprint density at radius 2 is 1.19 bits per heavy atom. The van der Waals surface area contributed by atoms with Gasteiger partial charge in [0.1, 0.15) is 0 Å². The summed E-state index contributed by atoms with van der Waals surface area (Å²) in [6.07, 6.45) is 9.33.